The Bertz CT molecular complexity index is 1270. The third-order valence-corrected chi connectivity index (χ3v) is 6.08. The molecular formula is C36H51N3. The van der Waals surface area contributed by atoms with E-state index in [2.05, 4.69) is 100 Å². The molecule has 0 atom stereocenters. The first-order valence-corrected chi connectivity index (χ1v) is 14.8. The molecule has 210 valence electrons. The third-order valence-electron chi connectivity index (χ3n) is 6.08. The molecule has 3 aromatic rings. The highest BCUT2D eigenvalue weighted by Gasteiger charge is 2.09. The SMILES string of the molecule is C=C/C=C(\C=C)c1cn[nH]c1CCc1ccc(-c2nc3c(cc2C)=CCCC=3)cc1.CC.CCC.CCCC. The van der Waals surface area contributed by atoms with Crippen LogP contribution in [0.5, 0.6) is 0 Å². The third kappa shape index (κ3) is 10.7. The number of unbranched alkanes of at least 4 members (excludes halogenated alkanes) is 1. The van der Waals surface area contributed by atoms with Gasteiger partial charge in [0.25, 0.3) is 0 Å². The van der Waals surface area contributed by atoms with E-state index in [0.717, 1.165) is 53.6 Å². The molecule has 0 spiro atoms. The highest BCUT2D eigenvalue weighted by molar-refractivity contribution is 5.75. The molecule has 0 aliphatic heterocycles. The van der Waals surface area contributed by atoms with Crippen LogP contribution in [0.25, 0.3) is 29.0 Å². The molecule has 2 aromatic heterocycles. The number of H-pyrrole nitrogens is 1. The zero-order chi connectivity index (χ0) is 29.0. The van der Waals surface area contributed by atoms with Crippen LogP contribution in [0.2, 0.25) is 0 Å². The minimum absolute atomic E-state index is 0.887. The van der Waals surface area contributed by atoms with Crippen LogP contribution in [0.4, 0.5) is 0 Å². The summed E-state index contributed by atoms with van der Waals surface area (Å²) in [6.07, 6.45) is 19.9. The molecule has 0 fully saturated rings. The molecular weight excluding hydrogens is 474 g/mol. The molecule has 39 heavy (non-hydrogen) atoms. The Kier molecular flexibility index (Phi) is 16.9. The molecule has 0 unspecified atom stereocenters. The molecule has 4 rings (SSSR count). The molecule has 2 heterocycles. The number of hydrogen-bond acceptors (Lipinski definition) is 2. The number of nitrogens with one attached hydrogen (secondary N) is 1. The van der Waals surface area contributed by atoms with Crippen molar-refractivity contribution in [3.63, 3.8) is 0 Å². The number of allylic oxidation sites excluding steroid dienone is 4. The molecule has 1 aliphatic carbocycles. The van der Waals surface area contributed by atoms with Gasteiger partial charge in [0.15, 0.2) is 0 Å². The average molecular weight is 526 g/mol. The standard InChI is InChI=1S/C27H27N3.C4H10.C3H8.C2H6/c1-4-8-21(5-2)24-18-28-30-26(24)16-13-20-11-14-22(15-12-20)27-19(3)17-23-9-6-7-10-25(23)29-27;1-3-4-2;1-3-2;1-2/h4-5,8-12,14-15,17-18H,1-2,6-7,13,16H2,3H3,(H,28,30);3-4H2,1-2H3;3H2,1-2H3;1-2H3/b21-8+;;;. The van der Waals surface area contributed by atoms with E-state index in [-0.39, 0.29) is 0 Å². The van der Waals surface area contributed by atoms with E-state index in [0.29, 0.717) is 0 Å². The van der Waals surface area contributed by atoms with Crippen molar-refractivity contribution in [3.05, 3.63) is 101 Å². The van der Waals surface area contributed by atoms with Crippen LogP contribution in [0.15, 0.2) is 67.9 Å². The lowest BCUT2D eigenvalue weighted by molar-refractivity contribution is 0.886. The normalized spacial score (nSPS) is 11.5. The van der Waals surface area contributed by atoms with Crippen molar-refractivity contribution in [2.24, 2.45) is 0 Å². The zero-order valence-corrected chi connectivity index (χ0v) is 25.6. The first-order valence-electron chi connectivity index (χ1n) is 14.8. The Hall–Kier alpha value is -3.46. The fourth-order valence-electron chi connectivity index (χ4n) is 3.97. The molecule has 1 N–H and O–H groups in total. The minimum Gasteiger partial charge on any atom is -0.282 e. The summed E-state index contributed by atoms with van der Waals surface area (Å²) in [5.41, 5.74) is 8.00. The Morgan fingerprint density at radius 2 is 1.59 bits per heavy atom. The monoisotopic (exact) mass is 525 g/mol. The van der Waals surface area contributed by atoms with Crippen molar-refractivity contribution in [2.45, 2.75) is 93.4 Å². The van der Waals surface area contributed by atoms with Crippen LogP contribution in [-0.4, -0.2) is 15.2 Å². The van der Waals surface area contributed by atoms with E-state index in [1.54, 1.807) is 6.08 Å². The van der Waals surface area contributed by atoms with Gasteiger partial charge in [-0.1, -0.05) is 129 Å². The van der Waals surface area contributed by atoms with Crippen molar-refractivity contribution in [3.8, 4) is 11.3 Å². The van der Waals surface area contributed by atoms with Crippen LogP contribution >= 0.6 is 0 Å². The Balaban J connectivity index is 0.000000748. The van der Waals surface area contributed by atoms with Gasteiger partial charge in [0, 0.05) is 16.8 Å². The van der Waals surface area contributed by atoms with Gasteiger partial charge in [-0.25, -0.2) is 4.98 Å². The summed E-state index contributed by atoms with van der Waals surface area (Å²) >= 11 is 0. The largest absolute Gasteiger partial charge is 0.282 e. The van der Waals surface area contributed by atoms with Crippen LogP contribution in [0.1, 0.15) is 96.0 Å². The lowest BCUT2D eigenvalue weighted by Gasteiger charge is -2.09. The summed E-state index contributed by atoms with van der Waals surface area (Å²) in [6.45, 7) is 22.4. The maximum absolute atomic E-state index is 4.93. The molecule has 0 saturated carbocycles. The van der Waals surface area contributed by atoms with Gasteiger partial charge >= 0.3 is 0 Å². The van der Waals surface area contributed by atoms with Gasteiger partial charge in [-0.15, -0.1) is 0 Å². The van der Waals surface area contributed by atoms with Crippen LogP contribution in [0.3, 0.4) is 0 Å². The van der Waals surface area contributed by atoms with E-state index in [9.17, 15) is 0 Å². The Labute approximate surface area is 238 Å². The lowest BCUT2D eigenvalue weighted by Crippen LogP contribution is -2.30. The van der Waals surface area contributed by atoms with Crippen molar-refractivity contribution in [2.75, 3.05) is 0 Å². The number of pyridine rings is 1. The fraction of sp³-hybridized carbons (Fsp3) is 0.389. The van der Waals surface area contributed by atoms with Crippen molar-refractivity contribution < 1.29 is 0 Å². The highest BCUT2D eigenvalue weighted by atomic mass is 15.1. The van der Waals surface area contributed by atoms with Crippen LogP contribution in [0, 0.1) is 6.92 Å². The Morgan fingerprint density at radius 3 is 2.18 bits per heavy atom. The number of fused-ring (bicyclic) bond motifs is 1. The summed E-state index contributed by atoms with van der Waals surface area (Å²) < 4.78 is 0. The summed E-state index contributed by atoms with van der Waals surface area (Å²) in [4.78, 5) is 4.93. The van der Waals surface area contributed by atoms with Gasteiger partial charge in [-0.2, -0.15) is 5.10 Å². The second-order valence-electron chi connectivity index (χ2n) is 9.34. The zero-order valence-electron chi connectivity index (χ0n) is 25.6. The van der Waals surface area contributed by atoms with E-state index in [1.807, 2.05) is 32.2 Å². The fourth-order valence-corrected chi connectivity index (χ4v) is 3.97. The van der Waals surface area contributed by atoms with E-state index in [4.69, 9.17) is 4.98 Å². The van der Waals surface area contributed by atoms with Gasteiger partial charge in [0.1, 0.15) is 0 Å². The summed E-state index contributed by atoms with van der Waals surface area (Å²) in [6, 6.07) is 11.0. The van der Waals surface area contributed by atoms with Gasteiger partial charge in [0.2, 0.25) is 0 Å². The predicted molar refractivity (Wildman–Crippen MR) is 174 cm³/mol. The smallest absolute Gasteiger partial charge is 0.0738 e. The van der Waals surface area contributed by atoms with Gasteiger partial charge < -0.3 is 0 Å². The van der Waals surface area contributed by atoms with Gasteiger partial charge in [0.05, 0.1) is 17.2 Å². The summed E-state index contributed by atoms with van der Waals surface area (Å²) in [5, 5.41) is 9.73. The second-order valence-corrected chi connectivity index (χ2v) is 9.34. The van der Waals surface area contributed by atoms with Crippen molar-refractivity contribution in [1.82, 2.24) is 15.2 Å². The van der Waals surface area contributed by atoms with Crippen LogP contribution in [-0.2, 0) is 12.8 Å². The number of aryl methyl sites for hydroxylation is 3. The average Bonchev–Trinajstić information content (AvgIpc) is 3.45. The molecule has 3 nitrogen and oxygen atoms in total. The minimum atomic E-state index is 0.887. The van der Waals surface area contributed by atoms with E-state index in [1.165, 1.54) is 41.2 Å². The van der Waals surface area contributed by atoms with Crippen molar-refractivity contribution in [1.29, 1.82) is 0 Å². The van der Waals surface area contributed by atoms with E-state index >= 15 is 0 Å². The summed E-state index contributed by atoms with van der Waals surface area (Å²) in [5.74, 6) is 0. The molecule has 0 bridgehead atoms. The number of aromatic amines is 1. The van der Waals surface area contributed by atoms with Crippen LogP contribution < -0.4 is 10.6 Å². The molecule has 3 heteroatoms. The maximum Gasteiger partial charge on any atom is 0.0738 e. The number of nitrogens with zero attached hydrogens (tertiary/aromatic N) is 2. The molecule has 0 radical (unpaired) electrons. The number of rotatable bonds is 8. The van der Waals surface area contributed by atoms with Crippen molar-refractivity contribution >= 4 is 17.7 Å². The molecule has 0 saturated heterocycles. The predicted octanol–water partition coefficient (Wildman–Crippen LogP) is 8.92. The second kappa shape index (κ2) is 19.6. The lowest BCUT2D eigenvalue weighted by atomic mass is 9.99. The number of hydrogen-bond donors (Lipinski definition) is 1. The molecule has 0 amide bonds. The quantitative estimate of drug-likeness (QED) is 0.298. The van der Waals surface area contributed by atoms with Gasteiger partial charge in [-0.05, 0) is 60.6 Å². The highest BCUT2D eigenvalue weighted by Crippen LogP contribution is 2.22. The van der Waals surface area contributed by atoms with Gasteiger partial charge in [-0.3, -0.25) is 5.10 Å². The number of aromatic nitrogens is 3. The maximum atomic E-state index is 4.93. The van der Waals surface area contributed by atoms with E-state index < -0.39 is 0 Å². The first-order chi connectivity index (χ1) is 19.0. The molecule has 1 aliphatic rings. The topological polar surface area (TPSA) is 41.6 Å². The molecule has 1 aromatic carbocycles. The number of benzene rings is 1. The summed E-state index contributed by atoms with van der Waals surface area (Å²) in [7, 11) is 0. The Morgan fingerprint density at radius 1 is 0.949 bits per heavy atom. The first kappa shape index (κ1) is 33.6.